The first-order valence-corrected chi connectivity index (χ1v) is 8.98. The monoisotopic (exact) mass is 317 g/mol. The second kappa shape index (κ2) is 5.58. The molecular weight excluding hydrogens is 290 g/mol. The SMILES string of the molecule is CC1(C)CCCNC1C(=O)N1CCn2c(CC3CC3)nnc2C1. The number of piperidine rings is 1. The highest BCUT2D eigenvalue weighted by Gasteiger charge is 2.40. The molecule has 3 aliphatic rings. The van der Waals surface area contributed by atoms with Crippen molar-refractivity contribution in [3.05, 3.63) is 11.6 Å². The molecule has 1 saturated carbocycles. The lowest BCUT2D eigenvalue weighted by Gasteiger charge is -2.41. The lowest BCUT2D eigenvalue weighted by molar-refractivity contribution is -0.139. The van der Waals surface area contributed by atoms with Crippen LogP contribution in [0.3, 0.4) is 0 Å². The molecule has 1 aromatic heterocycles. The van der Waals surface area contributed by atoms with E-state index in [0.29, 0.717) is 6.54 Å². The Hall–Kier alpha value is -1.43. The molecule has 1 aliphatic carbocycles. The molecule has 0 bridgehead atoms. The van der Waals surface area contributed by atoms with Crippen molar-refractivity contribution in [2.24, 2.45) is 11.3 Å². The quantitative estimate of drug-likeness (QED) is 0.914. The summed E-state index contributed by atoms with van der Waals surface area (Å²) in [6.07, 6.45) is 5.96. The number of rotatable bonds is 3. The van der Waals surface area contributed by atoms with Gasteiger partial charge in [0.2, 0.25) is 5.91 Å². The second-order valence-corrected chi connectivity index (χ2v) is 8.07. The largest absolute Gasteiger partial charge is 0.332 e. The maximum absolute atomic E-state index is 13.0. The Morgan fingerprint density at radius 1 is 1.30 bits per heavy atom. The number of nitrogens with zero attached hydrogens (tertiary/aromatic N) is 4. The zero-order valence-electron chi connectivity index (χ0n) is 14.2. The number of fused-ring (bicyclic) bond motifs is 1. The predicted molar refractivity (Wildman–Crippen MR) is 86.7 cm³/mol. The van der Waals surface area contributed by atoms with Crippen LogP contribution in [0.4, 0.5) is 0 Å². The van der Waals surface area contributed by atoms with Gasteiger partial charge in [0.25, 0.3) is 0 Å². The third kappa shape index (κ3) is 2.89. The Balaban J connectivity index is 1.47. The fourth-order valence-electron chi connectivity index (χ4n) is 3.95. The van der Waals surface area contributed by atoms with Gasteiger partial charge in [-0.05, 0) is 43.6 Å². The first kappa shape index (κ1) is 15.1. The number of carbonyl (C=O) groups excluding carboxylic acids is 1. The third-order valence-corrected chi connectivity index (χ3v) is 5.68. The average molecular weight is 317 g/mol. The van der Waals surface area contributed by atoms with Crippen LogP contribution in [0.5, 0.6) is 0 Å². The van der Waals surface area contributed by atoms with Gasteiger partial charge in [-0.3, -0.25) is 4.79 Å². The number of aromatic nitrogens is 3. The normalized spacial score (nSPS) is 26.9. The van der Waals surface area contributed by atoms with Crippen LogP contribution < -0.4 is 5.32 Å². The van der Waals surface area contributed by atoms with Crippen molar-refractivity contribution in [1.29, 1.82) is 0 Å². The Bertz CT molecular complexity index is 604. The Morgan fingerprint density at radius 3 is 2.87 bits per heavy atom. The van der Waals surface area contributed by atoms with Gasteiger partial charge in [-0.2, -0.15) is 0 Å². The van der Waals surface area contributed by atoms with Crippen LogP contribution in [-0.2, 0) is 24.3 Å². The van der Waals surface area contributed by atoms with Gasteiger partial charge in [0, 0.05) is 19.5 Å². The van der Waals surface area contributed by atoms with Crippen molar-refractivity contribution in [1.82, 2.24) is 25.0 Å². The second-order valence-electron chi connectivity index (χ2n) is 8.07. The molecule has 4 rings (SSSR count). The zero-order chi connectivity index (χ0) is 16.0. The van der Waals surface area contributed by atoms with Crippen molar-refractivity contribution < 1.29 is 4.79 Å². The van der Waals surface area contributed by atoms with Gasteiger partial charge in [-0.25, -0.2) is 0 Å². The number of carbonyl (C=O) groups is 1. The van der Waals surface area contributed by atoms with Gasteiger partial charge in [0.05, 0.1) is 12.6 Å². The minimum absolute atomic E-state index is 0.0254. The minimum atomic E-state index is -0.0725. The van der Waals surface area contributed by atoms with E-state index in [-0.39, 0.29) is 17.4 Å². The smallest absolute Gasteiger partial charge is 0.240 e. The fourth-order valence-corrected chi connectivity index (χ4v) is 3.95. The van der Waals surface area contributed by atoms with Crippen LogP contribution in [0.2, 0.25) is 0 Å². The van der Waals surface area contributed by atoms with Crippen molar-refractivity contribution in [2.75, 3.05) is 13.1 Å². The van der Waals surface area contributed by atoms with Gasteiger partial charge in [0.1, 0.15) is 5.82 Å². The van der Waals surface area contributed by atoms with Crippen molar-refractivity contribution in [3.8, 4) is 0 Å². The van der Waals surface area contributed by atoms with Crippen molar-refractivity contribution >= 4 is 5.91 Å². The van der Waals surface area contributed by atoms with E-state index in [4.69, 9.17) is 0 Å². The Kier molecular flexibility index (Phi) is 3.67. The molecule has 1 N–H and O–H groups in total. The summed E-state index contributed by atoms with van der Waals surface area (Å²) in [6, 6.07) is -0.0725. The highest BCUT2D eigenvalue weighted by Crippen LogP contribution is 2.33. The first-order valence-electron chi connectivity index (χ1n) is 8.98. The summed E-state index contributed by atoms with van der Waals surface area (Å²) < 4.78 is 2.24. The van der Waals surface area contributed by atoms with Crippen LogP contribution in [0.1, 0.15) is 51.2 Å². The topological polar surface area (TPSA) is 63.1 Å². The summed E-state index contributed by atoms with van der Waals surface area (Å²) in [4.78, 5) is 14.9. The Labute approximate surface area is 137 Å². The van der Waals surface area contributed by atoms with Crippen molar-refractivity contribution in [3.63, 3.8) is 0 Å². The van der Waals surface area contributed by atoms with E-state index >= 15 is 0 Å². The van der Waals surface area contributed by atoms with E-state index in [1.165, 1.54) is 12.8 Å². The van der Waals surface area contributed by atoms with E-state index in [9.17, 15) is 4.79 Å². The van der Waals surface area contributed by atoms with E-state index in [1.54, 1.807) is 0 Å². The van der Waals surface area contributed by atoms with Gasteiger partial charge < -0.3 is 14.8 Å². The molecule has 0 radical (unpaired) electrons. The summed E-state index contributed by atoms with van der Waals surface area (Å²) in [7, 11) is 0. The maximum Gasteiger partial charge on any atom is 0.240 e. The van der Waals surface area contributed by atoms with Gasteiger partial charge in [-0.1, -0.05) is 13.8 Å². The third-order valence-electron chi connectivity index (χ3n) is 5.68. The summed E-state index contributed by atoms with van der Waals surface area (Å²) in [5, 5.41) is 12.2. The molecule has 1 amide bonds. The Morgan fingerprint density at radius 2 is 2.13 bits per heavy atom. The molecule has 1 atom stereocenters. The van der Waals surface area contributed by atoms with E-state index in [2.05, 4.69) is 33.9 Å². The van der Waals surface area contributed by atoms with Gasteiger partial charge in [0.15, 0.2) is 5.82 Å². The number of hydrogen-bond donors (Lipinski definition) is 1. The fraction of sp³-hybridized carbons (Fsp3) is 0.824. The molecule has 6 nitrogen and oxygen atoms in total. The standard InChI is InChI=1S/C17H27N5O/c1-17(2)6-3-7-18-15(17)16(23)21-8-9-22-13(10-12-4-5-12)19-20-14(22)11-21/h12,15,18H,3-11H2,1-2H3. The summed E-state index contributed by atoms with van der Waals surface area (Å²) in [6.45, 7) is 7.54. The van der Waals surface area contributed by atoms with Crippen LogP contribution in [-0.4, -0.2) is 44.7 Å². The van der Waals surface area contributed by atoms with Gasteiger partial charge >= 0.3 is 0 Å². The van der Waals surface area contributed by atoms with E-state index < -0.39 is 0 Å². The molecular formula is C17H27N5O. The highest BCUT2D eigenvalue weighted by atomic mass is 16.2. The lowest BCUT2D eigenvalue weighted by atomic mass is 9.77. The predicted octanol–water partition coefficient (Wildman–Crippen LogP) is 1.35. The van der Waals surface area contributed by atoms with E-state index in [1.807, 2.05) is 4.90 Å². The molecule has 126 valence electrons. The molecule has 23 heavy (non-hydrogen) atoms. The highest BCUT2D eigenvalue weighted by molar-refractivity contribution is 5.83. The molecule has 3 heterocycles. The molecule has 1 aromatic rings. The lowest BCUT2D eigenvalue weighted by Crippen LogP contribution is -2.57. The molecule has 1 saturated heterocycles. The maximum atomic E-state index is 13.0. The minimum Gasteiger partial charge on any atom is -0.332 e. The van der Waals surface area contributed by atoms with Crippen LogP contribution in [0.25, 0.3) is 0 Å². The molecule has 0 aromatic carbocycles. The molecule has 0 spiro atoms. The molecule has 2 aliphatic heterocycles. The van der Waals surface area contributed by atoms with Crippen LogP contribution in [0, 0.1) is 11.3 Å². The average Bonchev–Trinajstić information content (AvgIpc) is 3.26. The zero-order valence-corrected chi connectivity index (χ0v) is 14.2. The van der Waals surface area contributed by atoms with E-state index in [0.717, 1.165) is 56.5 Å². The molecule has 6 heteroatoms. The number of hydrogen-bond acceptors (Lipinski definition) is 4. The number of amides is 1. The molecule has 1 unspecified atom stereocenters. The van der Waals surface area contributed by atoms with Crippen LogP contribution >= 0.6 is 0 Å². The van der Waals surface area contributed by atoms with Crippen LogP contribution in [0.15, 0.2) is 0 Å². The summed E-state index contributed by atoms with van der Waals surface area (Å²) >= 11 is 0. The number of nitrogens with one attached hydrogen (secondary N) is 1. The first-order chi connectivity index (χ1) is 11.0. The summed E-state index contributed by atoms with van der Waals surface area (Å²) in [5.41, 5.74) is 0.0254. The molecule has 2 fully saturated rings. The van der Waals surface area contributed by atoms with Crippen molar-refractivity contribution in [2.45, 2.75) is 65.1 Å². The summed E-state index contributed by atoms with van der Waals surface area (Å²) in [5.74, 6) is 3.11. The van der Waals surface area contributed by atoms with Gasteiger partial charge in [-0.15, -0.1) is 10.2 Å².